The third-order valence-corrected chi connectivity index (χ3v) is 5.13. The van der Waals surface area contributed by atoms with Crippen LogP contribution < -0.4 is 5.32 Å². The molecule has 100 valence electrons. The summed E-state index contributed by atoms with van der Waals surface area (Å²) in [5.74, 6) is 0.809. The lowest BCUT2D eigenvalue weighted by Crippen LogP contribution is -2.51. The molecule has 2 unspecified atom stereocenters. The zero-order chi connectivity index (χ0) is 12.5. The average molecular weight is 238 g/mol. The molecule has 1 saturated heterocycles. The van der Waals surface area contributed by atoms with Crippen molar-refractivity contribution >= 4 is 0 Å². The van der Waals surface area contributed by atoms with Crippen LogP contribution in [0.2, 0.25) is 0 Å². The maximum Gasteiger partial charge on any atom is 0.0114 e. The number of likely N-dealkylation sites (tertiary alicyclic amines) is 1. The van der Waals surface area contributed by atoms with Crippen molar-refractivity contribution in [3.8, 4) is 0 Å². The first kappa shape index (κ1) is 13.4. The molecule has 0 aromatic carbocycles. The van der Waals surface area contributed by atoms with Gasteiger partial charge in [0.1, 0.15) is 0 Å². The van der Waals surface area contributed by atoms with E-state index in [1.165, 1.54) is 45.2 Å². The molecule has 2 heteroatoms. The molecule has 1 aliphatic heterocycles. The summed E-state index contributed by atoms with van der Waals surface area (Å²) in [6.07, 6.45) is 7.00. The maximum absolute atomic E-state index is 3.46. The average Bonchev–Trinajstić information content (AvgIpc) is 2.29. The summed E-state index contributed by atoms with van der Waals surface area (Å²) in [6.45, 7) is 9.87. The van der Waals surface area contributed by atoms with E-state index in [4.69, 9.17) is 0 Å². The van der Waals surface area contributed by atoms with Gasteiger partial charge in [0.2, 0.25) is 0 Å². The Morgan fingerprint density at radius 2 is 1.76 bits per heavy atom. The van der Waals surface area contributed by atoms with Crippen LogP contribution in [0.4, 0.5) is 0 Å². The van der Waals surface area contributed by atoms with E-state index in [0.29, 0.717) is 5.41 Å². The van der Waals surface area contributed by atoms with Gasteiger partial charge in [0, 0.05) is 18.6 Å². The third kappa shape index (κ3) is 3.23. The summed E-state index contributed by atoms with van der Waals surface area (Å²) in [7, 11) is 2.11. The highest BCUT2D eigenvalue weighted by Gasteiger charge is 2.33. The van der Waals surface area contributed by atoms with Crippen molar-refractivity contribution < 1.29 is 0 Å². The molecular formula is C15H30N2. The summed E-state index contributed by atoms with van der Waals surface area (Å²) in [6, 6.07) is 1.62. The largest absolute Gasteiger partial charge is 0.317 e. The molecule has 17 heavy (non-hydrogen) atoms. The van der Waals surface area contributed by atoms with Crippen molar-refractivity contribution in [2.24, 2.45) is 11.3 Å². The van der Waals surface area contributed by atoms with E-state index < -0.39 is 0 Å². The molecule has 2 fully saturated rings. The molecule has 0 aromatic rings. The van der Waals surface area contributed by atoms with Crippen LogP contribution in [0, 0.1) is 11.3 Å². The van der Waals surface area contributed by atoms with E-state index in [2.05, 4.69) is 38.0 Å². The lowest BCUT2D eigenvalue weighted by molar-refractivity contribution is 0.0609. The molecule has 1 heterocycles. The van der Waals surface area contributed by atoms with Crippen LogP contribution in [0.25, 0.3) is 0 Å². The fourth-order valence-electron chi connectivity index (χ4n) is 3.69. The molecular weight excluding hydrogens is 208 g/mol. The van der Waals surface area contributed by atoms with Gasteiger partial charge in [0.15, 0.2) is 0 Å². The summed E-state index contributed by atoms with van der Waals surface area (Å²) >= 11 is 0. The van der Waals surface area contributed by atoms with Gasteiger partial charge >= 0.3 is 0 Å². The van der Waals surface area contributed by atoms with E-state index in [1.807, 2.05) is 0 Å². The van der Waals surface area contributed by atoms with Crippen molar-refractivity contribution in [1.82, 2.24) is 10.2 Å². The highest BCUT2D eigenvalue weighted by atomic mass is 15.2. The SMILES string of the molecule is CNC1CCN(C2CCC(C)(C)CC2)CC1C. The monoisotopic (exact) mass is 238 g/mol. The molecule has 0 spiro atoms. The van der Waals surface area contributed by atoms with Gasteiger partial charge in [-0.2, -0.15) is 0 Å². The summed E-state index contributed by atoms with van der Waals surface area (Å²) in [4.78, 5) is 2.77. The van der Waals surface area contributed by atoms with Crippen LogP contribution in [-0.4, -0.2) is 37.1 Å². The quantitative estimate of drug-likeness (QED) is 0.796. The summed E-state index contributed by atoms with van der Waals surface area (Å²) in [5, 5.41) is 3.46. The number of nitrogens with one attached hydrogen (secondary N) is 1. The van der Waals surface area contributed by atoms with Crippen LogP contribution in [-0.2, 0) is 0 Å². The van der Waals surface area contributed by atoms with Gasteiger partial charge in [-0.05, 0) is 57.0 Å². The standard InChI is InChI=1S/C15H30N2/c1-12-11-17(10-7-14(12)16-4)13-5-8-15(2,3)9-6-13/h12-14,16H,5-11H2,1-4H3. The lowest BCUT2D eigenvalue weighted by Gasteiger charge is -2.45. The van der Waals surface area contributed by atoms with Gasteiger partial charge in [-0.25, -0.2) is 0 Å². The Kier molecular flexibility index (Phi) is 4.14. The predicted molar refractivity (Wildman–Crippen MR) is 74.2 cm³/mol. The van der Waals surface area contributed by atoms with Crippen LogP contribution in [0.15, 0.2) is 0 Å². The Hall–Kier alpha value is -0.0800. The fourth-order valence-corrected chi connectivity index (χ4v) is 3.69. The second kappa shape index (κ2) is 5.27. The molecule has 2 nitrogen and oxygen atoms in total. The van der Waals surface area contributed by atoms with Crippen molar-refractivity contribution in [1.29, 1.82) is 0 Å². The molecule has 0 bridgehead atoms. The van der Waals surface area contributed by atoms with E-state index >= 15 is 0 Å². The summed E-state index contributed by atoms with van der Waals surface area (Å²) in [5.41, 5.74) is 0.603. The number of hydrogen-bond donors (Lipinski definition) is 1. The van der Waals surface area contributed by atoms with E-state index in [1.54, 1.807) is 0 Å². The van der Waals surface area contributed by atoms with Crippen molar-refractivity contribution in [3.05, 3.63) is 0 Å². The molecule has 2 atom stereocenters. The fraction of sp³-hybridized carbons (Fsp3) is 1.00. The zero-order valence-corrected chi connectivity index (χ0v) is 12.1. The number of piperidine rings is 1. The zero-order valence-electron chi connectivity index (χ0n) is 12.1. The van der Waals surface area contributed by atoms with Crippen molar-refractivity contribution in [3.63, 3.8) is 0 Å². The summed E-state index contributed by atoms with van der Waals surface area (Å²) < 4.78 is 0. The Morgan fingerprint density at radius 1 is 1.12 bits per heavy atom. The van der Waals surface area contributed by atoms with E-state index in [0.717, 1.165) is 18.0 Å². The highest BCUT2D eigenvalue weighted by molar-refractivity contribution is 4.89. The molecule has 1 N–H and O–H groups in total. The first-order valence-corrected chi connectivity index (χ1v) is 7.43. The Labute approximate surface area is 107 Å². The van der Waals surface area contributed by atoms with Crippen molar-refractivity contribution in [2.45, 2.75) is 65.0 Å². The second-order valence-corrected chi connectivity index (χ2v) is 7.05. The first-order chi connectivity index (χ1) is 8.02. The Morgan fingerprint density at radius 3 is 2.29 bits per heavy atom. The highest BCUT2D eigenvalue weighted by Crippen LogP contribution is 2.37. The van der Waals surface area contributed by atoms with Gasteiger partial charge < -0.3 is 10.2 Å². The lowest BCUT2D eigenvalue weighted by atomic mass is 9.75. The number of nitrogens with zero attached hydrogens (tertiary/aromatic N) is 1. The molecule has 2 aliphatic rings. The Bertz CT molecular complexity index is 239. The minimum Gasteiger partial charge on any atom is -0.317 e. The van der Waals surface area contributed by atoms with Crippen LogP contribution in [0.1, 0.15) is 52.9 Å². The Balaban J connectivity index is 1.84. The van der Waals surface area contributed by atoms with Gasteiger partial charge in [0.25, 0.3) is 0 Å². The number of hydrogen-bond acceptors (Lipinski definition) is 2. The second-order valence-electron chi connectivity index (χ2n) is 7.05. The normalized spacial score (nSPS) is 36.0. The minimum absolute atomic E-state index is 0.603. The molecule has 0 radical (unpaired) electrons. The maximum atomic E-state index is 3.46. The van der Waals surface area contributed by atoms with Crippen LogP contribution in [0.3, 0.4) is 0 Å². The predicted octanol–water partition coefficient (Wildman–Crippen LogP) is 2.89. The smallest absolute Gasteiger partial charge is 0.0114 e. The molecule has 1 saturated carbocycles. The van der Waals surface area contributed by atoms with Gasteiger partial charge in [-0.3, -0.25) is 0 Å². The van der Waals surface area contributed by atoms with Gasteiger partial charge in [0.05, 0.1) is 0 Å². The van der Waals surface area contributed by atoms with Crippen LogP contribution >= 0.6 is 0 Å². The van der Waals surface area contributed by atoms with Gasteiger partial charge in [-0.1, -0.05) is 20.8 Å². The minimum atomic E-state index is 0.603. The van der Waals surface area contributed by atoms with E-state index in [9.17, 15) is 0 Å². The molecule has 0 aromatic heterocycles. The third-order valence-electron chi connectivity index (χ3n) is 5.13. The number of rotatable bonds is 2. The first-order valence-electron chi connectivity index (χ1n) is 7.43. The molecule has 0 amide bonds. The molecule has 2 rings (SSSR count). The topological polar surface area (TPSA) is 15.3 Å². The van der Waals surface area contributed by atoms with Gasteiger partial charge in [-0.15, -0.1) is 0 Å². The molecule has 1 aliphatic carbocycles. The van der Waals surface area contributed by atoms with E-state index in [-0.39, 0.29) is 0 Å². The van der Waals surface area contributed by atoms with Crippen LogP contribution in [0.5, 0.6) is 0 Å². The van der Waals surface area contributed by atoms with Crippen molar-refractivity contribution in [2.75, 3.05) is 20.1 Å².